The fourth-order valence-corrected chi connectivity index (χ4v) is 3.51. The molecule has 0 bridgehead atoms. The highest BCUT2D eigenvalue weighted by Crippen LogP contribution is 2.43. The molecular formula is C32H42O6. The summed E-state index contributed by atoms with van der Waals surface area (Å²) in [6.07, 6.45) is 3.09. The van der Waals surface area contributed by atoms with Gasteiger partial charge in [-0.15, -0.1) is 0 Å². The van der Waals surface area contributed by atoms with Crippen molar-refractivity contribution in [1.29, 1.82) is 0 Å². The Kier molecular flexibility index (Phi) is 9.71. The Hall–Kier alpha value is -3.41. The summed E-state index contributed by atoms with van der Waals surface area (Å²) in [6.45, 7) is 18.9. The van der Waals surface area contributed by atoms with Crippen LogP contribution in [0.3, 0.4) is 0 Å². The molecule has 0 N–H and O–H groups in total. The van der Waals surface area contributed by atoms with E-state index in [0.29, 0.717) is 28.4 Å². The van der Waals surface area contributed by atoms with Crippen LogP contribution in [0.5, 0.6) is 17.2 Å². The number of hydrogen-bond donors (Lipinski definition) is 0. The minimum Gasteiger partial charge on any atom is -0.496 e. The lowest BCUT2D eigenvalue weighted by Crippen LogP contribution is -2.26. The fraction of sp³-hybridized carbons (Fsp3) is 0.469. The van der Waals surface area contributed by atoms with Crippen molar-refractivity contribution in [3.05, 3.63) is 58.7 Å². The van der Waals surface area contributed by atoms with Gasteiger partial charge in [-0.05, 0) is 107 Å². The third kappa shape index (κ3) is 7.56. The number of benzene rings is 2. The van der Waals surface area contributed by atoms with Crippen molar-refractivity contribution in [2.75, 3.05) is 7.11 Å². The van der Waals surface area contributed by atoms with E-state index in [2.05, 4.69) is 13.8 Å². The minimum absolute atomic E-state index is 0.0624. The average molecular weight is 523 g/mol. The summed E-state index contributed by atoms with van der Waals surface area (Å²) in [5.74, 6) is 0.550. The van der Waals surface area contributed by atoms with Gasteiger partial charge in [0.15, 0.2) is 5.78 Å². The van der Waals surface area contributed by atoms with Gasteiger partial charge in [-0.25, -0.2) is 0 Å². The van der Waals surface area contributed by atoms with Crippen molar-refractivity contribution in [2.45, 2.75) is 81.1 Å². The van der Waals surface area contributed by atoms with Crippen LogP contribution in [-0.4, -0.2) is 24.8 Å². The highest BCUT2D eigenvalue weighted by molar-refractivity contribution is 6.07. The maximum Gasteiger partial charge on any atom is 0.316 e. The molecule has 0 spiro atoms. The van der Waals surface area contributed by atoms with Gasteiger partial charge in [0.1, 0.15) is 17.2 Å². The highest BCUT2D eigenvalue weighted by Gasteiger charge is 2.29. The Labute approximate surface area is 227 Å². The van der Waals surface area contributed by atoms with Crippen LogP contribution in [0, 0.1) is 10.8 Å². The number of ketones is 1. The van der Waals surface area contributed by atoms with Crippen LogP contribution in [0.15, 0.2) is 36.4 Å². The van der Waals surface area contributed by atoms with Crippen molar-refractivity contribution >= 4 is 23.8 Å². The second kappa shape index (κ2) is 12.0. The molecule has 2 aromatic rings. The molecule has 0 saturated carbocycles. The zero-order valence-corrected chi connectivity index (χ0v) is 24.6. The van der Waals surface area contributed by atoms with Gasteiger partial charge in [-0.1, -0.05) is 27.7 Å². The van der Waals surface area contributed by atoms with Crippen LogP contribution in [-0.2, 0) is 9.59 Å². The number of hydrogen-bond acceptors (Lipinski definition) is 6. The van der Waals surface area contributed by atoms with E-state index < -0.39 is 10.8 Å². The zero-order chi connectivity index (χ0) is 29.0. The molecule has 6 heteroatoms. The summed E-state index contributed by atoms with van der Waals surface area (Å²) < 4.78 is 17.2. The standard InChI is InChI=1S/C32H42O6/c1-19(2)24-18-25(20(3)4)28(38-30(35)32(8,9)10)23(27(24)36-11)16-17-26(33)21-12-14-22(15-13-21)37-29(34)31(5,6)7/h12-20H,1-11H3. The maximum absolute atomic E-state index is 13.1. The van der Waals surface area contributed by atoms with Gasteiger partial charge in [0, 0.05) is 5.56 Å². The topological polar surface area (TPSA) is 78.9 Å². The molecular weight excluding hydrogens is 480 g/mol. The SMILES string of the molecule is COc1c(C(C)C)cc(C(C)C)c(OC(=O)C(C)(C)C)c1C=CC(=O)c1ccc(OC(=O)C(C)(C)C)cc1. The van der Waals surface area contributed by atoms with Gasteiger partial charge in [0.05, 0.1) is 23.5 Å². The van der Waals surface area contributed by atoms with Crippen molar-refractivity contribution in [1.82, 2.24) is 0 Å². The smallest absolute Gasteiger partial charge is 0.316 e. The minimum atomic E-state index is -0.715. The van der Waals surface area contributed by atoms with Crippen molar-refractivity contribution in [3.63, 3.8) is 0 Å². The number of allylic oxidation sites excluding steroid dienone is 1. The molecule has 2 rings (SSSR count). The molecule has 0 aliphatic heterocycles. The van der Waals surface area contributed by atoms with Crippen molar-refractivity contribution in [2.24, 2.45) is 10.8 Å². The summed E-state index contributed by atoms with van der Waals surface area (Å²) in [4.78, 5) is 38.2. The third-order valence-corrected chi connectivity index (χ3v) is 5.94. The predicted octanol–water partition coefficient (Wildman–Crippen LogP) is 7.74. The summed E-state index contributed by atoms with van der Waals surface area (Å²) in [7, 11) is 1.57. The average Bonchev–Trinajstić information content (AvgIpc) is 2.81. The Morgan fingerprint density at radius 1 is 0.737 bits per heavy atom. The normalized spacial score (nSPS) is 12.2. The van der Waals surface area contributed by atoms with Gasteiger partial charge < -0.3 is 14.2 Å². The Balaban J connectivity index is 2.55. The van der Waals surface area contributed by atoms with Gasteiger partial charge in [-0.2, -0.15) is 0 Å². The first-order chi connectivity index (χ1) is 17.5. The van der Waals surface area contributed by atoms with E-state index in [1.165, 1.54) is 6.08 Å². The van der Waals surface area contributed by atoms with E-state index in [1.807, 2.05) is 19.9 Å². The molecule has 0 aromatic heterocycles. The van der Waals surface area contributed by atoms with E-state index in [4.69, 9.17) is 14.2 Å². The summed E-state index contributed by atoms with van der Waals surface area (Å²) in [6, 6.07) is 8.44. The molecule has 2 aromatic carbocycles. The second-order valence-electron chi connectivity index (χ2n) is 12.1. The second-order valence-corrected chi connectivity index (χ2v) is 12.1. The monoisotopic (exact) mass is 522 g/mol. The molecule has 0 radical (unpaired) electrons. The summed E-state index contributed by atoms with van der Waals surface area (Å²) in [5.41, 5.74) is 1.45. The molecule has 206 valence electrons. The Morgan fingerprint density at radius 2 is 1.21 bits per heavy atom. The van der Waals surface area contributed by atoms with Crippen LogP contribution in [0.1, 0.15) is 108 Å². The van der Waals surface area contributed by atoms with Crippen molar-refractivity contribution < 1.29 is 28.6 Å². The van der Waals surface area contributed by atoms with Crippen LogP contribution < -0.4 is 14.2 Å². The van der Waals surface area contributed by atoms with Gasteiger partial charge in [0.25, 0.3) is 0 Å². The molecule has 0 amide bonds. The number of esters is 2. The first-order valence-corrected chi connectivity index (χ1v) is 13.0. The number of rotatable bonds is 8. The molecule has 0 aliphatic rings. The maximum atomic E-state index is 13.1. The van der Waals surface area contributed by atoms with E-state index in [9.17, 15) is 14.4 Å². The lowest BCUT2D eigenvalue weighted by Gasteiger charge is -2.25. The lowest BCUT2D eigenvalue weighted by atomic mass is 9.90. The van der Waals surface area contributed by atoms with Gasteiger partial charge in [0.2, 0.25) is 0 Å². The highest BCUT2D eigenvalue weighted by atomic mass is 16.5. The van der Waals surface area contributed by atoms with Crippen molar-refractivity contribution in [3.8, 4) is 17.2 Å². The Morgan fingerprint density at radius 3 is 1.66 bits per heavy atom. The lowest BCUT2D eigenvalue weighted by molar-refractivity contribution is -0.143. The molecule has 0 aliphatic carbocycles. The number of carbonyl (C=O) groups is 3. The van der Waals surface area contributed by atoms with E-state index in [0.717, 1.165) is 11.1 Å². The molecule has 38 heavy (non-hydrogen) atoms. The van der Waals surface area contributed by atoms with E-state index in [-0.39, 0.29) is 29.6 Å². The molecule has 0 fully saturated rings. The van der Waals surface area contributed by atoms with E-state index in [1.54, 1.807) is 79.0 Å². The number of methoxy groups -OCH3 is 1. The zero-order valence-electron chi connectivity index (χ0n) is 24.6. The largest absolute Gasteiger partial charge is 0.496 e. The predicted molar refractivity (Wildman–Crippen MR) is 151 cm³/mol. The number of ether oxygens (including phenoxy) is 3. The Bertz CT molecular complexity index is 1200. The van der Waals surface area contributed by atoms with Gasteiger partial charge >= 0.3 is 11.9 Å². The molecule has 0 saturated heterocycles. The first kappa shape index (κ1) is 30.8. The molecule has 0 atom stereocenters. The third-order valence-electron chi connectivity index (χ3n) is 5.94. The van der Waals surface area contributed by atoms with Crippen LogP contribution in [0.2, 0.25) is 0 Å². The molecule has 0 unspecified atom stereocenters. The molecule has 0 heterocycles. The van der Waals surface area contributed by atoms with Gasteiger partial charge in [-0.3, -0.25) is 14.4 Å². The van der Waals surface area contributed by atoms with Crippen LogP contribution in [0.25, 0.3) is 6.08 Å². The fourth-order valence-electron chi connectivity index (χ4n) is 3.51. The molecule has 6 nitrogen and oxygen atoms in total. The first-order valence-electron chi connectivity index (χ1n) is 13.0. The summed E-state index contributed by atoms with van der Waals surface area (Å²) in [5, 5.41) is 0. The van der Waals surface area contributed by atoms with E-state index >= 15 is 0 Å². The quantitative estimate of drug-likeness (QED) is 0.153. The van der Waals surface area contributed by atoms with Crippen LogP contribution in [0.4, 0.5) is 0 Å². The summed E-state index contributed by atoms with van der Waals surface area (Å²) >= 11 is 0. The van der Waals surface area contributed by atoms with Crippen LogP contribution >= 0.6 is 0 Å². The number of carbonyl (C=O) groups excluding carboxylic acids is 3.